The van der Waals surface area contributed by atoms with Gasteiger partial charge in [-0.1, -0.05) is 89.3 Å². The summed E-state index contributed by atoms with van der Waals surface area (Å²) in [6.07, 6.45) is 3.68. The Balaban J connectivity index is 1.01. The number of carbonyl (C=O) groups is 4. The third-order valence-electron chi connectivity index (χ3n) is 13.2. The van der Waals surface area contributed by atoms with Gasteiger partial charge in [-0.15, -0.1) is 0 Å². The Morgan fingerprint density at radius 3 is 2.28 bits per heavy atom. The highest BCUT2D eigenvalue weighted by molar-refractivity contribution is 6.78. The minimum absolute atomic E-state index is 0.0776. The number of aromatic nitrogens is 4. The molecule has 6 atom stereocenters. The van der Waals surface area contributed by atoms with Crippen molar-refractivity contribution in [2.24, 2.45) is 17.8 Å². The maximum atomic E-state index is 14.3. The summed E-state index contributed by atoms with van der Waals surface area (Å²) in [6.45, 7) is 12.4. The Morgan fingerprint density at radius 2 is 1.57 bits per heavy atom. The van der Waals surface area contributed by atoms with Crippen LogP contribution in [0.1, 0.15) is 70.7 Å². The second-order valence-corrected chi connectivity index (χ2v) is 23.8. The van der Waals surface area contributed by atoms with Gasteiger partial charge in [-0.05, 0) is 77.3 Å². The lowest BCUT2D eigenvalue weighted by atomic mass is 9.99. The number of nitrogens with one attached hydrogen (secondary N) is 4. The lowest BCUT2D eigenvalue weighted by Crippen LogP contribution is -2.53. The number of fused-ring (bicyclic) bond motifs is 4. The normalized spacial score (nSPS) is 21.9. The maximum Gasteiger partial charge on any atom is 0.407 e. The van der Waals surface area contributed by atoms with Gasteiger partial charge in [0.2, 0.25) is 17.7 Å². The number of ether oxygens (including phenoxy) is 1. The van der Waals surface area contributed by atoms with Crippen LogP contribution in [0.3, 0.4) is 0 Å². The topological polar surface area (TPSA) is 186 Å². The van der Waals surface area contributed by atoms with E-state index in [9.17, 15) is 24.3 Å². The van der Waals surface area contributed by atoms with Crippen molar-refractivity contribution in [2.45, 2.75) is 102 Å². The van der Waals surface area contributed by atoms with Crippen LogP contribution in [0.25, 0.3) is 44.2 Å². The van der Waals surface area contributed by atoms with E-state index in [0.717, 1.165) is 81.1 Å². The van der Waals surface area contributed by atoms with Crippen LogP contribution < -0.4 is 10.6 Å². The van der Waals surface area contributed by atoms with E-state index >= 15 is 0 Å². The number of benzene rings is 3. The highest BCUT2D eigenvalue weighted by Crippen LogP contribution is 2.51. The molecule has 4 amide bonds. The van der Waals surface area contributed by atoms with Crippen molar-refractivity contribution in [3.63, 3.8) is 0 Å². The average Bonchev–Trinajstić information content (AvgIpc) is 4.09. The van der Waals surface area contributed by atoms with Gasteiger partial charge in [0.1, 0.15) is 30.3 Å². The zero-order valence-electron chi connectivity index (χ0n) is 36.1. The minimum Gasteiger partial charge on any atom is -0.453 e. The molecule has 3 fully saturated rings. The van der Waals surface area contributed by atoms with Crippen molar-refractivity contribution in [1.82, 2.24) is 40.4 Å². The first-order valence-electron chi connectivity index (χ1n) is 21.6. The number of hydrogen-bond donors (Lipinski definition) is 5. The number of aromatic amines is 2. The molecule has 2 aromatic heterocycles. The summed E-state index contributed by atoms with van der Waals surface area (Å²) in [5.41, 5.74) is 5.72. The average molecular weight is 847 g/mol. The smallest absolute Gasteiger partial charge is 0.407 e. The molecule has 15 heteroatoms. The molecule has 0 aliphatic carbocycles. The fraction of sp³-hybridized carbons (Fsp3) is 0.478. The number of methoxy groups -OCH3 is 1. The number of hydrogen-bond acceptors (Lipinski definition) is 8. The predicted octanol–water partition coefficient (Wildman–Crippen LogP) is 6.93. The molecule has 14 nitrogen and oxygen atoms in total. The zero-order valence-corrected chi connectivity index (χ0v) is 37.1. The van der Waals surface area contributed by atoms with Gasteiger partial charge in [0, 0.05) is 26.0 Å². The van der Waals surface area contributed by atoms with Crippen molar-refractivity contribution in [1.29, 1.82) is 0 Å². The first-order chi connectivity index (χ1) is 29.2. The largest absolute Gasteiger partial charge is 0.453 e. The lowest BCUT2D eigenvalue weighted by Gasteiger charge is -2.34. The summed E-state index contributed by atoms with van der Waals surface area (Å²) in [4.78, 5) is 73.2. The van der Waals surface area contributed by atoms with Crippen molar-refractivity contribution >= 4 is 53.7 Å². The zero-order chi connectivity index (χ0) is 43.3. The number of likely N-dealkylation sites (tertiary alicyclic amines) is 2. The first-order valence-corrected chi connectivity index (χ1v) is 25.0. The number of H-pyrrole nitrogens is 2. The summed E-state index contributed by atoms with van der Waals surface area (Å²) < 4.78 is 4.89. The molecule has 0 saturated carbocycles. The SMILES string of the molecule is COC(=O)N[C@H](C(=O)N1C(c2ncc(-c3ccc(-c4ccc5c(ccc6[nH]c([C@@H]7CCCN7C(=O)C(NC(=O)CO)C(C)C)nc65)c4)cc3)[nH]2)CC2C[Si](C)(C)CC21)C(C)C. The van der Waals surface area contributed by atoms with Crippen molar-refractivity contribution in [2.75, 3.05) is 20.3 Å². The standard InChI is InChI=1S/C46H58N8O6Si/c1-25(2)39(50-38(56)22-55)44(57)53-18-8-9-35(53)43-48-33-17-15-30-19-29(14-16-32(30)41(33)51-43)27-10-12-28(13-11-27)34-21-47-42(49-34)36-20-31-23-61(6,7)24-37(31)54(36)45(58)40(26(3)4)52-46(59)60-5/h10-17,19,21,25-26,31,35-37,39-40,55H,8-9,18,20,22-24H2,1-7H3,(H,47,49)(H,48,51)(H,50,56)(H,52,59)/t31?,35-,36?,37?,39?,40-/m0/s1. The van der Waals surface area contributed by atoms with Gasteiger partial charge in [-0.3, -0.25) is 14.4 Å². The Hall–Kier alpha value is -5.54. The van der Waals surface area contributed by atoms with Crippen LogP contribution in [0.4, 0.5) is 4.79 Å². The van der Waals surface area contributed by atoms with Crippen molar-refractivity contribution < 1.29 is 29.0 Å². The van der Waals surface area contributed by atoms with Gasteiger partial charge < -0.3 is 40.2 Å². The second-order valence-electron chi connectivity index (χ2n) is 18.7. The van der Waals surface area contributed by atoms with Gasteiger partial charge in [-0.25, -0.2) is 14.8 Å². The highest BCUT2D eigenvalue weighted by Gasteiger charge is 2.54. The molecule has 4 unspecified atom stereocenters. The van der Waals surface area contributed by atoms with Gasteiger partial charge in [0.25, 0.3) is 0 Å². The number of nitrogens with zero attached hydrogens (tertiary/aromatic N) is 4. The third kappa shape index (κ3) is 8.17. The van der Waals surface area contributed by atoms with Gasteiger partial charge in [0.05, 0.1) is 42.1 Å². The van der Waals surface area contributed by atoms with Crippen molar-refractivity contribution in [3.05, 3.63) is 72.4 Å². The third-order valence-corrected chi connectivity index (χ3v) is 16.3. The number of amides is 4. The number of alkyl carbamates (subject to hydrolysis) is 1. The van der Waals surface area contributed by atoms with Crippen LogP contribution in [0, 0.1) is 17.8 Å². The van der Waals surface area contributed by atoms with Gasteiger partial charge in [0.15, 0.2) is 0 Å². The maximum absolute atomic E-state index is 14.3. The lowest BCUT2D eigenvalue weighted by molar-refractivity contribution is -0.139. The predicted molar refractivity (Wildman–Crippen MR) is 237 cm³/mol. The monoisotopic (exact) mass is 846 g/mol. The Kier molecular flexibility index (Phi) is 11.6. The quantitative estimate of drug-likeness (QED) is 0.0886. The summed E-state index contributed by atoms with van der Waals surface area (Å²) in [7, 11) is -0.136. The summed E-state index contributed by atoms with van der Waals surface area (Å²) in [6, 6.07) is 19.3. The molecule has 0 bridgehead atoms. The minimum atomic E-state index is -1.45. The summed E-state index contributed by atoms with van der Waals surface area (Å²) in [5, 5.41) is 16.9. The molecule has 3 aromatic carbocycles. The molecule has 8 rings (SSSR count). The van der Waals surface area contributed by atoms with Crippen LogP contribution in [0.2, 0.25) is 25.2 Å². The molecule has 61 heavy (non-hydrogen) atoms. The molecule has 3 aliphatic heterocycles. The Bertz CT molecular complexity index is 2460. The molecule has 5 aromatic rings. The second kappa shape index (κ2) is 16.7. The summed E-state index contributed by atoms with van der Waals surface area (Å²) in [5.74, 6) is 0.833. The molecular weight excluding hydrogens is 789 g/mol. The molecule has 5 heterocycles. The van der Waals surface area contributed by atoms with Crippen LogP contribution in [0.5, 0.6) is 0 Å². The van der Waals surface area contributed by atoms with E-state index in [0.29, 0.717) is 12.5 Å². The molecule has 0 spiro atoms. The van der Waals surface area contributed by atoms with E-state index < -0.39 is 38.8 Å². The Morgan fingerprint density at radius 1 is 0.869 bits per heavy atom. The van der Waals surface area contributed by atoms with E-state index in [1.807, 2.05) is 44.9 Å². The number of carbonyl (C=O) groups excluding carboxylic acids is 4. The molecule has 322 valence electrons. The van der Waals surface area contributed by atoms with Crippen molar-refractivity contribution in [3.8, 4) is 22.4 Å². The molecule has 3 saturated heterocycles. The highest BCUT2D eigenvalue weighted by atomic mass is 28.3. The fourth-order valence-corrected chi connectivity index (χ4v) is 13.8. The molecular formula is C46H58N8O6Si. The van der Waals surface area contributed by atoms with E-state index in [4.69, 9.17) is 14.7 Å². The Labute approximate surface area is 357 Å². The van der Waals surface area contributed by atoms with E-state index in [1.54, 1.807) is 4.90 Å². The number of aliphatic hydroxyl groups excluding tert-OH is 1. The first kappa shape index (κ1) is 42.2. The molecule has 0 radical (unpaired) electrons. The van der Waals surface area contributed by atoms with Crippen LogP contribution >= 0.6 is 0 Å². The number of imidazole rings is 2. The van der Waals surface area contributed by atoms with E-state index in [-0.39, 0.29) is 41.8 Å². The summed E-state index contributed by atoms with van der Waals surface area (Å²) >= 11 is 0. The van der Waals surface area contributed by atoms with Crippen LogP contribution in [-0.4, -0.2) is 105 Å². The van der Waals surface area contributed by atoms with Gasteiger partial charge in [-0.2, -0.15) is 0 Å². The number of aliphatic hydroxyl groups is 1. The van der Waals surface area contributed by atoms with E-state index in [1.165, 1.54) is 13.2 Å². The molecule has 5 N–H and O–H groups in total. The molecule has 3 aliphatic rings. The van der Waals surface area contributed by atoms with Gasteiger partial charge >= 0.3 is 6.09 Å². The van der Waals surface area contributed by atoms with Crippen LogP contribution in [-0.2, 0) is 19.1 Å². The van der Waals surface area contributed by atoms with Crippen LogP contribution in [0.15, 0.2) is 60.8 Å². The van der Waals surface area contributed by atoms with E-state index in [2.05, 4.69) is 82.2 Å². The number of rotatable bonds is 11. The fourth-order valence-electron chi connectivity index (χ4n) is 10.2.